The molecule has 4 rings (SSSR count). The molecule has 2 aliphatic rings. The quantitative estimate of drug-likeness (QED) is 0.623. The molecule has 2 aromatic rings. The lowest BCUT2D eigenvalue weighted by Crippen LogP contribution is -2.49. The van der Waals surface area contributed by atoms with Crippen LogP contribution in [0.1, 0.15) is 53.9 Å². The molecule has 0 spiro atoms. The fourth-order valence-corrected chi connectivity index (χ4v) is 5.31. The summed E-state index contributed by atoms with van der Waals surface area (Å²) in [6.45, 7) is 0.422. The fourth-order valence-electron chi connectivity index (χ4n) is 5.01. The van der Waals surface area contributed by atoms with Gasteiger partial charge in [-0.2, -0.15) is 0 Å². The summed E-state index contributed by atoms with van der Waals surface area (Å²) in [5.74, 6) is -1.11. The van der Waals surface area contributed by atoms with Gasteiger partial charge in [0, 0.05) is 36.2 Å². The SMILES string of the molecule is O=C(O)CCC(=O)NC[C@H]1c2ccccc2N(C(=O)c2ccc(Cl)c(Cl)c2)[C@@H]2CCC[C@@H]21. The summed E-state index contributed by atoms with van der Waals surface area (Å²) in [6, 6.07) is 12.7. The molecule has 1 heterocycles. The third kappa shape index (κ3) is 4.48. The van der Waals surface area contributed by atoms with E-state index >= 15 is 0 Å². The number of fused-ring (bicyclic) bond motifs is 2. The van der Waals surface area contributed by atoms with Crippen molar-refractivity contribution in [3.63, 3.8) is 0 Å². The van der Waals surface area contributed by atoms with E-state index in [1.807, 2.05) is 29.2 Å². The first-order valence-corrected chi connectivity index (χ1v) is 11.5. The molecule has 1 aliphatic carbocycles. The summed E-state index contributed by atoms with van der Waals surface area (Å²) in [4.78, 5) is 38.4. The maximum atomic E-state index is 13.6. The topological polar surface area (TPSA) is 86.7 Å². The Morgan fingerprint density at radius 1 is 1.03 bits per heavy atom. The van der Waals surface area contributed by atoms with E-state index in [0.29, 0.717) is 22.2 Å². The van der Waals surface area contributed by atoms with Gasteiger partial charge >= 0.3 is 5.97 Å². The fraction of sp³-hybridized carbons (Fsp3) is 0.375. The monoisotopic (exact) mass is 474 g/mol. The van der Waals surface area contributed by atoms with Gasteiger partial charge < -0.3 is 15.3 Å². The van der Waals surface area contributed by atoms with Gasteiger partial charge in [-0.1, -0.05) is 47.8 Å². The summed E-state index contributed by atoms with van der Waals surface area (Å²) in [6.07, 6.45) is 2.61. The van der Waals surface area contributed by atoms with Crippen molar-refractivity contribution >= 4 is 46.7 Å². The van der Waals surface area contributed by atoms with Crippen LogP contribution in [0.15, 0.2) is 42.5 Å². The van der Waals surface area contributed by atoms with Crippen molar-refractivity contribution in [3.8, 4) is 0 Å². The Morgan fingerprint density at radius 2 is 1.81 bits per heavy atom. The molecule has 8 heteroatoms. The Balaban J connectivity index is 1.63. The highest BCUT2D eigenvalue weighted by Gasteiger charge is 2.45. The molecule has 1 aliphatic heterocycles. The maximum absolute atomic E-state index is 13.6. The number of halogens is 2. The molecule has 32 heavy (non-hydrogen) atoms. The smallest absolute Gasteiger partial charge is 0.303 e. The number of rotatable bonds is 6. The predicted octanol–water partition coefficient (Wildman–Crippen LogP) is 4.89. The lowest BCUT2D eigenvalue weighted by atomic mass is 9.77. The van der Waals surface area contributed by atoms with E-state index < -0.39 is 5.97 Å². The summed E-state index contributed by atoms with van der Waals surface area (Å²) in [5, 5.41) is 12.5. The van der Waals surface area contributed by atoms with Gasteiger partial charge in [0.2, 0.25) is 5.91 Å². The zero-order valence-corrected chi connectivity index (χ0v) is 18.9. The molecule has 0 aromatic heterocycles. The largest absolute Gasteiger partial charge is 0.481 e. The van der Waals surface area contributed by atoms with E-state index in [0.717, 1.165) is 30.5 Å². The number of carbonyl (C=O) groups is 3. The van der Waals surface area contributed by atoms with Crippen LogP contribution in [0.2, 0.25) is 10.0 Å². The highest BCUT2D eigenvalue weighted by atomic mass is 35.5. The number of para-hydroxylation sites is 1. The number of hydrogen-bond donors (Lipinski definition) is 2. The van der Waals surface area contributed by atoms with Gasteiger partial charge in [0.15, 0.2) is 0 Å². The zero-order valence-electron chi connectivity index (χ0n) is 17.4. The summed E-state index contributed by atoms with van der Waals surface area (Å²) < 4.78 is 0. The van der Waals surface area contributed by atoms with E-state index in [2.05, 4.69) is 5.32 Å². The van der Waals surface area contributed by atoms with Gasteiger partial charge in [-0.05, 0) is 48.6 Å². The second-order valence-electron chi connectivity index (χ2n) is 8.33. The third-order valence-electron chi connectivity index (χ3n) is 6.45. The Morgan fingerprint density at radius 3 is 2.56 bits per heavy atom. The Bertz CT molecular complexity index is 1060. The van der Waals surface area contributed by atoms with Crippen molar-refractivity contribution in [1.29, 1.82) is 0 Å². The van der Waals surface area contributed by atoms with Crippen LogP contribution in [-0.2, 0) is 9.59 Å². The third-order valence-corrected chi connectivity index (χ3v) is 7.19. The van der Waals surface area contributed by atoms with Crippen LogP contribution in [-0.4, -0.2) is 35.5 Å². The molecular weight excluding hydrogens is 451 g/mol. The number of aliphatic carboxylic acids is 1. The van der Waals surface area contributed by atoms with E-state index in [4.69, 9.17) is 28.3 Å². The summed E-state index contributed by atoms with van der Waals surface area (Å²) >= 11 is 12.2. The molecule has 2 amide bonds. The minimum Gasteiger partial charge on any atom is -0.481 e. The first-order chi connectivity index (χ1) is 15.4. The van der Waals surface area contributed by atoms with Crippen LogP contribution in [0.5, 0.6) is 0 Å². The van der Waals surface area contributed by atoms with Crippen LogP contribution in [0.3, 0.4) is 0 Å². The van der Waals surface area contributed by atoms with Crippen LogP contribution in [0.25, 0.3) is 0 Å². The summed E-state index contributed by atoms with van der Waals surface area (Å²) in [7, 11) is 0. The normalized spacial score (nSPS) is 21.6. The Hall–Kier alpha value is -2.57. The molecular formula is C24H24Cl2N2O4. The molecule has 168 valence electrons. The number of carboxylic acids is 1. The Kier molecular flexibility index (Phi) is 6.72. The number of hydrogen-bond acceptors (Lipinski definition) is 3. The molecule has 1 fully saturated rings. The molecule has 0 bridgehead atoms. The van der Waals surface area contributed by atoms with Gasteiger partial charge in [0.1, 0.15) is 0 Å². The number of anilines is 1. The van der Waals surface area contributed by atoms with Gasteiger partial charge in [-0.15, -0.1) is 0 Å². The highest BCUT2D eigenvalue weighted by Crippen LogP contribution is 2.49. The predicted molar refractivity (Wildman–Crippen MR) is 123 cm³/mol. The first kappa shape index (κ1) is 22.6. The van der Waals surface area contributed by atoms with Gasteiger partial charge in [0.05, 0.1) is 16.5 Å². The number of carboxylic acid groups (broad SMARTS) is 1. The van der Waals surface area contributed by atoms with Crippen LogP contribution < -0.4 is 10.2 Å². The lowest BCUT2D eigenvalue weighted by Gasteiger charge is -2.44. The molecule has 0 unspecified atom stereocenters. The van der Waals surface area contributed by atoms with Crippen LogP contribution in [0, 0.1) is 5.92 Å². The van der Waals surface area contributed by atoms with E-state index in [1.54, 1.807) is 18.2 Å². The minimum absolute atomic E-state index is 0.0211. The number of nitrogens with zero attached hydrogens (tertiary/aromatic N) is 1. The van der Waals surface area contributed by atoms with Gasteiger partial charge in [-0.3, -0.25) is 14.4 Å². The minimum atomic E-state index is -0.990. The summed E-state index contributed by atoms with van der Waals surface area (Å²) in [5.41, 5.74) is 2.35. The number of benzene rings is 2. The van der Waals surface area contributed by atoms with E-state index in [9.17, 15) is 14.4 Å². The molecule has 2 N–H and O–H groups in total. The molecule has 3 atom stereocenters. The average molecular weight is 475 g/mol. The number of amides is 2. The highest BCUT2D eigenvalue weighted by molar-refractivity contribution is 6.42. The van der Waals surface area contributed by atoms with Crippen LogP contribution >= 0.6 is 23.2 Å². The second-order valence-corrected chi connectivity index (χ2v) is 9.14. The van der Waals surface area contributed by atoms with Crippen LogP contribution in [0.4, 0.5) is 5.69 Å². The molecule has 0 saturated heterocycles. The Labute approximate surface area is 196 Å². The number of nitrogens with one attached hydrogen (secondary N) is 1. The molecule has 6 nitrogen and oxygen atoms in total. The zero-order chi connectivity index (χ0) is 22.8. The first-order valence-electron chi connectivity index (χ1n) is 10.7. The second kappa shape index (κ2) is 9.51. The van der Waals surface area contributed by atoms with Crippen molar-refractivity contribution in [2.24, 2.45) is 5.92 Å². The van der Waals surface area contributed by atoms with Crippen molar-refractivity contribution in [3.05, 3.63) is 63.6 Å². The van der Waals surface area contributed by atoms with Gasteiger partial charge in [0.25, 0.3) is 5.91 Å². The van der Waals surface area contributed by atoms with Crippen molar-refractivity contribution in [2.75, 3.05) is 11.4 Å². The molecule has 2 aromatic carbocycles. The van der Waals surface area contributed by atoms with Gasteiger partial charge in [-0.25, -0.2) is 0 Å². The molecule has 0 radical (unpaired) electrons. The maximum Gasteiger partial charge on any atom is 0.303 e. The van der Waals surface area contributed by atoms with E-state index in [1.165, 1.54) is 0 Å². The standard InChI is InChI=1S/C24H24Cl2N2O4/c25-18-9-8-14(12-19(18)26)24(32)28-20-6-2-1-4-15(20)17(16-5-3-7-21(16)28)13-27-22(29)10-11-23(30)31/h1-2,4,6,8-9,12,16-17,21H,3,5,7,10-11,13H2,(H,27,29)(H,30,31)/t16-,17+,21-/m1/s1. The van der Waals surface area contributed by atoms with E-state index in [-0.39, 0.29) is 42.5 Å². The number of carbonyl (C=O) groups excluding carboxylic acids is 2. The van der Waals surface area contributed by atoms with Crippen molar-refractivity contribution in [2.45, 2.75) is 44.1 Å². The average Bonchev–Trinajstić information content (AvgIpc) is 3.26. The molecule has 1 saturated carbocycles. The van der Waals surface area contributed by atoms with Crippen molar-refractivity contribution < 1.29 is 19.5 Å². The van der Waals surface area contributed by atoms with Crippen molar-refractivity contribution in [1.82, 2.24) is 5.32 Å². The lowest BCUT2D eigenvalue weighted by molar-refractivity contribution is -0.138.